The molecule has 2 aromatic rings. The van der Waals surface area contributed by atoms with E-state index in [-0.39, 0.29) is 43.0 Å². The van der Waals surface area contributed by atoms with E-state index >= 15 is 0 Å². The second kappa shape index (κ2) is 11.1. The predicted octanol–water partition coefficient (Wildman–Crippen LogP) is 0.547. The summed E-state index contributed by atoms with van der Waals surface area (Å²) in [6.45, 7) is -0.160. The number of amides is 2. The van der Waals surface area contributed by atoms with Crippen LogP contribution in [0.4, 0.5) is 23.4 Å². The monoisotopic (exact) mass is 474 g/mol. The Morgan fingerprint density at radius 1 is 1.30 bits per heavy atom. The summed E-state index contributed by atoms with van der Waals surface area (Å²) >= 11 is 0. The van der Waals surface area contributed by atoms with E-state index in [9.17, 15) is 27.2 Å². The van der Waals surface area contributed by atoms with Gasteiger partial charge in [0, 0.05) is 12.7 Å². The van der Waals surface area contributed by atoms with Gasteiger partial charge in [-0.05, 0) is 24.1 Å². The maximum atomic E-state index is 14.2. The molecule has 0 fully saturated rings. The van der Waals surface area contributed by atoms with Gasteiger partial charge in [0.1, 0.15) is 17.6 Å². The van der Waals surface area contributed by atoms with Crippen molar-refractivity contribution in [1.82, 2.24) is 20.0 Å². The van der Waals surface area contributed by atoms with E-state index in [4.69, 9.17) is 17.3 Å². The Labute approximate surface area is 185 Å². The number of hydrogen-bond acceptors (Lipinski definition) is 8. The highest BCUT2D eigenvalue weighted by molar-refractivity contribution is 5.91. The van der Waals surface area contributed by atoms with E-state index in [1.54, 1.807) is 0 Å². The number of primary amides is 1. The molecule has 11 nitrogen and oxygen atoms in total. The fourth-order valence-electron chi connectivity index (χ4n) is 2.56. The first-order valence-corrected chi connectivity index (χ1v) is 9.38. The summed E-state index contributed by atoms with van der Waals surface area (Å²) in [5, 5.41) is 10.8. The molecule has 1 aromatic heterocycles. The maximum Gasteiger partial charge on any atom is 0.573 e. The maximum absolute atomic E-state index is 14.2. The Morgan fingerprint density at radius 2 is 2.03 bits per heavy atom. The number of nitrogens with one attached hydrogen (secondary N) is 1. The van der Waals surface area contributed by atoms with Crippen LogP contribution in [0.2, 0.25) is 0 Å². The first-order chi connectivity index (χ1) is 15.4. The number of benzene rings is 1. The van der Waals surface area contributed by atoms with Crippen LogP contribution in [0, 0.1) is 0 Å². The van der Waals surface area contributed by atoms with E-state index in [0.29, 0.717) is 0 Å². The lowest BCUT2D eigenvalue weighted by Crippen LogP contribution is -2.32. The van der Waals surface area contributed by atoms with Crippen molar-refractivity contribution in [3.8, 4) is 5.75 Å². The number of hydrogen-bond donors (Lipinski definition) is 4. The number of carbonyl (C=O) groups is 2. The number of alkyl halides is 4. The third-order valence-corrected chi connectivity index (χ3v) is 3.98. The Bertz CT molecular complexity index is 995. The predicted molar refractivity (Wildman–Crippen MR) is 107 cm³/mol. The molecule has 1 unspecified atom stereocenters. The molecular weight excluding hydrogens is 452 g/mol. The second-order valence-corrected chi connectivity index (χ2v) is 6.82. The Kier molecular flexibility index (Phi) is 8.56. The molecule has 0 aliphatic carbocycles. The highest BCUT2D eigenvalue weighted by atomic mass is 19.4. The first kappa shape index (κ1) is 25.4. The number of carbonyl (C=O) groups excluding carboxylic acids is 2. The molecule has 0 aliphatic rings. The van der Waals surface area contributed by atoms with Crippen LogP contribution in [0.15, 0.2) is 42.4 Å². The van der Waals surface area contributed by atoms with E-state index in [1.807, 2.05) is 0 Å². The molecule has 33 heavy (non-hydrogen) atoms. The highest BCUT2D eigenvalue weighted by Gasteiger charge is 2.31. The molecule has 7 N–H and O–H groups in total. The van der Waals surface area contributed by atoms with E-state index < -0.39 is 30.1 Å². The third kappa shape index (κ3) is 9.42. The van der Waals surface area contributed by atoms with Crippen molar-refractivity contribution in [3.05, 3.63) is 47.9 Å². The number of halogens is 4. The van der Waals surface area contributed by atoms with Gasteiger partial charge in [-0.25, -0.2) is 14.9 Å². The minimum Gasteiger partial charge on any atom is -0.406 e. The minimum absolute atomic E-state index is 0.0308. The van der Waals surface area contributed by atoms with Gasteiger partial charge < -0.3 is 26.5 Å². The summed E-state index contributed by atoms with van der Waals surface area (Å²) in [6, 6.07) is 4.98. The smallest absolute Gasteiger partial charge is 0.406 e. The van der Waals surface area contributed by atoms with E-state index in [1.165, 1.54) is 18.3 Å². The van der Waals surface area contributed by atoms with Crippen LogP contribution >= 0.6 is 0 Å². The quantitative estimate of drug-likeness (QED) is 0.158. The SMILES string of the molecule is NC(=O)/C(N)=C/N(N)CCC(F)Cn1cc(NC(=O)Cc2cccc(OC(F)(F)F)c2)nn1. The van der Waals surface area contributed by atoms with Gasteiger partial charge in [0.25, 0.3) is 5.91 Å². The van der Waals surface area contributed by atoms with Gasteiger partial charge in [-0.15, -0.1) is 18.3 Å². The molecule has 180 valence electrons. The van der Waals surface area contributed by atoms with Crippen LogP contribution in [0.3, 0.4) is 0 Å². The third-order valence-electron chi connectivity index (χ3n) is 3.98. The van der Waals surface area contributed by atoms with Crippen molar-refractivity contribution in [2.45, 2.75) is 31.9 Å². The van der Waals surface area contributed by atoms with Gasteiger partial charge in [-0.3, -0.25) is 9.59 Å². The number of anilines is 1. The molecule has 1 aromatic carbocycles. The van der Waals surface area contributed by atoms with Gasteiger partial charge >= 0.3 is 6.36 Å². The number of nitrogens with two attached hydrogens (primary N) is 3. The van der Waals surface area contributed by atoms with E-state index in [0.717, 1.165) is 28.0 Å². The molecule has 0 radical (unpaired) electrons. The van der Waals surface area contributed by atoms with Crippen molar-refractivity contribution in [1.29, 1.82) is 0 Å². The standard InChI is InChI=1S/C18H22F4N8O3/c19-12(4-5-29(25)9-14(23)17(24)32)8-30-10-15(27-28-30)26-16(31)7-11-2-1-3-13(6-11)33-18(20,21)22/h1-3,6,9-10,12H,4-5,7-8,23,25H2,(H2,24,32)(H,26,31)/b14-9-. The van der Waals surface area contributed by atoms with Gasteiger partial charge in [0.15, 0.2) is 5.82 Å². The zero-order valence-corrected chi connectivity index (χ0v) is 17.1. The Morgan fingerprint density at radius 3 is 2.70 bits per heavy atom. The van der Waals surface area contributed by atoms with Crippen LogP contribution in [-0.4, -0.2) is 50.9 Å². The summed E-state index contributed by atoms with van der Waals surface area (Å²) in [5.74, 6) is 3.73. The molecular formula is C18H22F4N8O3. The molecule has 0 spiro atoms. The van der Waals surface area contributed by atoms with Gasteiger partial charge in [0.2, 0.25) is 5.91 Å². The number of rotatable bonds is 11. The number of hydrazine groups is 1. The summed E-state index contributed by atoms with van der Waals surface area (Å²) in [7, 11) is 0. The molecule has 15 heteroatoms. The van der Waals surface area contributed by atoms with E-state index in [2.05, 4.69) is 20.4 Å². The Hall–Kier alpha value is -3.88. The summed E-state index contributed by atoms with van der Waals surface area (Å²) < 4.78 is 56.0. The summed E-state index contributed by atoms with van der Waals surface area (Å²) in [5.41, 5.74) is 10.3. The molecule has 0 bridgehead atoms. The topological polar surface area (TPSA) is 167 Å². The van der Waals surface area contributed by atoms with Crippen molar-refractivity contribution in [2.24, 2.45) is 17.3 Å². The Balaban J connectivity index is 1.83. The van der Waals surface area contributed by atoms with Gasteiger partial charge in [-0.2, -0.15) is 0 Å². The van der Waals surface area contributed by atoms with Crippen LogP contribution in [0.25, 0.3) is 0 Å². The average molecular weight is 474 g/mol. The molecule has 1 atom stereocenters. The van der Waals surface area contributed by atoms with Crippen molar-refractivity contribution >= 4 is 17.6 Å². The van der Waals surface area contributed by atoms with Crippen LogP contribution in [0.5, 0.6) is 5.75 Å². The van der Waals surface area contributed by atoms with Crippen LogP contribution in [0.1, 0.15) is 12.0 Å². The number of nitrogens with zero attached hydrogens (tertiary/aromatic N) is 4. The first-order valence-electron chi connectivity index (χ1n) is 9.38. The lowest BCUT2D eigenvalue weighted by atomic mass is 10.1. The normalized spacial score (nSPS) is 12.8. The molecule has 0 saturated heterocycles. The summed E-state index contributed by atoms with van der Waals surface area (Å²) in [4.78, 5) is 23.0. The molecule has 1 heterocycles. The fraction of sp³-hybridized carbons (Fsp3) is 0.333. The minimum atomic E-state index is -4.84. The summed E-state index contributed by atoms with van der Waals surface area (Å²) in [6.07, 6.45) is -4.13. The number of ether oxygens (including phenoxy) is 1. The van der Waals surface area contributed by atoms with Gasteiger partial charge in [0.05, 0.1) is 19.2 Å². The number of aromatic nitrogens is 3. The van der Waals surface area contributed by atoms with Crippen LogP contribution in [-0.2, 0) is 22.6 Å². The highest BCUT2D eigenvalue weighted by Crippen LogP contribution is 2.23. The van der Waals surface area contributed by atoms with Crippen molar-refractivity contribution in [2.75, 3.05) is 11.9 Å². The molecule has 0 saturated carbocycles. The second-order valence-electron chi connectivity index (χ2n) is 6.82. The lowest BCUT2D eigenvalue weighted by molar-refractivity contribution is -0.274. The van der Waals surface area contributed by atoms with Crippen LogP contribution < -0.4 is 27.4 Å². The van der Waals surface area contributed by atoms with Gasteiger partial charge in [-0.1, -0.05) is 17.3 Å². The van der Waals surface area contributed by atoms with Crippen molar-refractivity contribution < 1.29 is 31.9 Å². The average Bonchev–Trinajstić information content (AvgIpc) is 3.11. The molecule has 0 aliphatic heterocycles. The lowest BCUT2D eigenvalue weighted by Gasteiger charge is -2.15. The van der Waals surface area contributed by atoms with Crippen molar-refractivity contribution in [3.63, 3.8) is 0 Å². The largest absolute Gasteiger partial charge is 0.573 e. The zero-order chi connectivity index (χ0) is 24.6. The molecule has 2 amide bonds. The fourth-order valence-corrected chi connectivity index (χ4v) is 2.56. The molecule has 2 rings (SSSR count). The zero-order valence-electron chi connectivity index (χ0n) is 17.1.